The third kappa shape index (κ3) is 9.02. The van der Waals surface area contributed by atoms with Crippen molar-refractivity contribution >= 4 is 5.69 Å². The lowest BCUT2D eigenvalue weighted by Gasteiger charge is -2.15. The fourth-order valence-electron chi connectivity index (χ4n) is 2.80. The molecule has 0 spiro atoms. The quantitative estimate of drug-likeness (QED) is 0.398. The van der Waals surface area contributed by atoms with Crippen LogP contribution < -0.4 is 15.4 Å². The predicted octanol–water partition coefficient (Wildman–Crippen LogP) is 4.08. The van der Waals surface area contributed by atoms with Gasteiger partial charge in [-0.2, -0.15) is 13.2 Å². The van der Waals surface area contributed by atoms with Gasteiger partial charge in [0.25, 0.3) is 0 Å². The third-order valence-corrected chi connectivity index (χ3v) is 4.27. The van der Waals surface area contributed by atoms with Crippen molar-refractivity contribution in [3.05, 3.63) is 59.7 Å². The van der Waals surface area contributed by atoms with E-state index in [1.165, 1.54) is 12.1 Å². The summed E-state index contributed by atoms with van der Waals surface area (Å²) < 4.78 is 49.7. The van der Waals surface area contributed by atoms with Crippen molar-refractivity contribution in [2.24, 2.45) is 0 Å². The Morgan fingerprint density at radius 3 is 2.43 bits per heavy atom. The minimum absolute atomic E-state index is 0.180. The molecule has 5 nitrogen and oxygen atoms in total. The zero-order chi connectivity index (χ0) is 21.7. The molecule has 166 valence electrons. The van der Waals surface area contributed by atoms with Gasteiger partial charge in [-0.1, -0.05) is 24.3 Å². The molecule has 0 saturated heterocycles. The summed E-state index contributed by atoms with van der Waals surface area (Å²) in [5.41, 5.74) is 0.927. The average molecular weight is 426 g/mol. The zero-order valence-electron chi connectivity index (χ0n) is 16.9. The van der Waals surface area contributed by atoms with Crippen molar-refractivity contribution in [1.82, 2.24) is 5.32 Å². The van der Waals surface area contributed by atoms with E-state index in [2.05, 4.69) is 10.6 Å². The van der Waals surface area contributed by atoms with Gasteiger partial charge in [0.15, 0.2) is 0 Å². The molecular formula is C22H29F3N2O3. The molecule has 0 aliphatic heterocycles. The van der Waals surface area contributed by atoms with Crippen molar-refractivity contribution in [3.8, 4) is 5.75 Å². The molecule has 2 aromatic carbocycles. The van der Waals surface area contributed by atoms with Crippen LogP contribution in [0.5, 0.6) is 5.75 Å². The predicted molar refractivity (Wildman–Crippen MR) is 111 cm³/mol. The highest BCUT2D eigenvalue weighted by molar-refractivity contribution is 5.42. The van der Waals surface area contributed by atoms with Crippen LogP contribution in [-0.2, 0) is 17.5 Å². The van der Waals surface area contributed by atoms with Crippen molar-refractivity contribution in [2.45, 2.75) is 25.6 Å². The molecule has 2 aromatic rings. The molecule has 0 unspecified atom stereocenters. The maximum absolute atomic E-state index is 13.0. The monoisotopic (exact) mass is 426 g/mol. The van der Waals surface area contributed by atoms with Crippen molar-refractivity contribution in [3.63, 3.8) is 0 Å². The number of aliphatic hydroxyl groups excluding tert-OH is 1. The summed E-state index contributed by atoms with van der Waals surface area (Å²) >= 11 is 0. The maximum Gasteiger partial charge on any atom is 0.419 e. The first-order valence-corrected chi connectivity index (χ1v) is 10.0. The number of para-hydroxylation sites is 1. The topological polar surface area (TPSA) is 62.8 Å². The maximum atomic E-state index is 13.0. The van der Waals surface area contributed by atoms with Gasteiger partial charge in [-0.25, -0.2) is 0 Å². The number of halogens is 3. The number of aliphatic hydroxyl groups is 1. The van der Waals surface area contributed by atoms with Crippen molar-refractivity contribution in [2.75, 3.05) is 44.8 Å². The summed E-state index contributed by atoms with van der Waals surface area (Å²) in [5.74, 6) is -0.256. The van der Waals surface area contributed by atoms with Gasteiger partial charge >= 0.3 is 6.18 Å². The summed E-state index contributed by atoms with van der Waals surface area (Å²) in [5, 5.41) is 15.3. The van der Waals surface area contributed by atoms with E-state index >= 15 is 0 Å². The molecule has 0 aliphatic carbocycles. The standard InChI is InChI=1S/C22H29F3N2O3/c23-22(24,25)20-9-8-18(16-21(20)30-15-12-28)17-26-10-4-5-13-29-14-11-27-19-6-2-1-3-7-19/h1-3,6-9,16,26-28H,4-5,10-15,17H2. The molecule has 30 heavy (non-hydrogen) atoms. The molecule has 2 rings (SSSR count). The largest absolute Gasteiger partial charge is 0.491 e. The van der Waals surface area contributed by atoms with Crippen molar-refractivity contribution < 1.29 is 27.8 Å². The molecule has 0 saturated carbocycles. The Morgan fingerprint density at radius 2 is 1.70 bits per heavy atom. The molecule has 0 aliphatic rings. The highest BCUT2D eigenvalue weighted by atomic mass is 19.4. The Morgan fingerprint density at radius 1 is 0.900 bits per heavy atom. The zero-order valence-corrected chi connectivity index (χ0v) is 16.9. The molecule has 0 fully saturated rings. The molecule has 0 amide bonds. The van der Waals surface area contributed by atoms with Crippen LogP contribution >= 0.6 is 0 Å². The highest BCUT2D eigenvalue weighted by Gasteiger charge is 2.34. The van der Waals surface area contributed by atoms with E-state index in [-0.39, 0.29) is 19.0 Å². The fourth-order valence-corrected chi connectivity index (χ4v) is 2.80. The van der Waals surface area contributed by atoms with Crippen LogP contribution in [0.1, 0.15) is 24.0 Å². The lowest BCUT2D eigenvalue weighted by Crippen LogP contribution is -2.17. The Labute approximate surface area is 175 Å². The lowest BCUT2D eigenvalue weighted by molar-refractivity contribution is -0.139. The second-order valence-electron chi connectivity index (χ2n) is 6.69. The molecule has 3 N–H and O–H groups in total. The summed E-state index contributed by atoms with van der Waals surface area (Å²) in [4.78, 5) is 0. The van der Waals surface area contributed by atoms with Crippen molar-refractivity contribution in [1.29, 1.82) is 0 Å². The van der Waals surface area contributed by atoms with Gasteiger partial charge in [-0.3, -0.25) is 0 Å². The summed E-state index contributed by atoms with van der Waals surface area (Å²) in [7, 11) is 0. The summed E-state index contributed by atoms with van der Waals surface area (Å²) in [6.07, 6.45) is -2.69. The number of ether oxygens (including phenoxy) is 2. The van der Waals surface area contributed by atoms with E-state index in [1.54, 1.807) is 0 Å². The number of benzene rings is 2. The average Bonchev–Trinajstić information content (AvgIpc) is 2.73. The first kappa shape index (κ1) is 24.0. The number of hydrogen-bond donors (Lipinski definition) is 3. The Kier molecular flexibility index (Phi) is 10.5. The molecule has 0 radical (unpaired) electrons. The Balaban J connectivity index is 1.58. The Hall–Kier alpha value is -2.29. The second-order valence-corrected chi connectivity index (χ2v) is 6.69. The minimum atomic E-state index is -4.49. The number of anilines is 1. The molecule has 0 aromatic heterocycles. The molecule has 0 bridgehead atoms. The Bertz CT molecular complexity index is 727. The van der Waals surface area contributed by atoms with Crippen LogP contribution in [0.15, 0.2) is 48.5 Å². The van der Waals surface area contributed by atoms with Gasteiger partial charge in [0, 0.05) is 25.4 Å². The number of alkyl halides is 3. The molecule has 8 heteroatoms. The summed E-state index contributed by atoms with van der Waals surface area (Å²) in [6, 6.07) is 13.7. The van der Waals surface area contributed by atoms with Gasteiger partial charge in [0.05, 0.1) is 18.8 Å². The van der Waals surface area contributed by atoms with Crippen LogP contribution in [0, 0.1) is 0 Å². The van der Waals surface area contributed by atoms with E-state index in [0.717, 1.165) is 37.7 Å². The van der Waals surface area contributed by atoms with Crippen LogP contribution in [0.25, 0.3) is 0 Å². The van der Waals surface area contributed by atoms with Crippen LogP contribution in [0.3, 0.4) is 0 Å². The number of unbranched alkanes of at least 4 members (excludes halogenated alkanes) is 1. The SMILES string of the molecule is OCCOc1cc(CNCCCCOCCNc2ccccc2)ccc1C(F)(F)F. The van der Waals surface area contributed by atoms with Crippen LogP contribution in [-0.4, -0.2) is 44.6 Å². The van der Waals surface area contributed by atoms with E-state index in [9.17, 15) is 13.2 Å². The van der Waals surface area contributed by atoms with E-state index in [1.807, 2.05) is 30.3 Å². The molecule has 0 heterocycles. The van der Waals surface area contributed by atoms with Gasteiger partial charge in [0.1, 0.15) is 12.4 Å². The first-order valence-electron chi connectivity index (χ1n) is 10.0. The minimum Gasteiger partial charge on any atom is -0.491 e. The van der Waals surface area contributed by atoms with Gasteiger partial charge in [-0.15, -0.1) is 0 Å². The third-order valence-electron chi connectivity index (χ3n) is 4.27. The highest BCUT2D eigenvalue weighted by Crippen LogP contribution is 2.36. The number of rotatable bonds is 14. The van der Waals surface area contributed by atoms with Gasteiger partial charge in [-0.05, 0) is 49.2 Å². The van der Waals surface area contributed by atoms with Crippen LogP contribution in [0.4, 0.5) is 18.9 Å². The number of hydrogen-bond acceptors (Lipinski definition) is 5. The number of nitrogens with one attached hydrogen (secondary N) is 2. The molecular weight excluding hydrogens is 397 g/mol. The lowest BCUT2D eigenvalue weighted by atomic mass is 10.1. The smallest absolute Gasteiger partial charge is 0.419 e. The second kappa shape index (κ2) is 13.1. The van der Waals surface area contributed by atoms with E-state index in [0.29, 0.717) is 25.3 Å². The van der Waals surface area contributed by atoms with Gasteiger partial charge < -0.3 is 25.2 Å². The molecule has 0 atom stereocenters. The van der Waals surface area contributed by atoms with Gasteiger partial charge in [0.2, 0.25) is 0 Å². The van der Waals surface area contributed by atoms with E-state index in [4.69, 9.17) is 14.6 Å². The normalized spacial score (nSPS) is 11.5. The summed E-state index contributed by atoms with van der Waals surface area (Å²) in [6.45, 7) is 2.69. The first-order chi connectivity index (χ1) is 14.5. The van der Waals surface area contributed by atoms with Crippen LogP contribution in [0.2, 0.25) is 0 Å². The van der Waals surface area contributed by atoms with E-state index < -0.39 is 11.7 Å². The fraction of sp³-hybridized carbons (Fsp3) is 0.455.